The maximum absolute atomic E-state index is 12.2. The third-order valence-corrected chi connectivity index (χ3v) is 3.36. The van der Waals surface area contributed by atoms with Gasteiger partial charge < -0.3 is 5.73 Å². The summed E-state index contributed by atoms with van der Waals surface area (Å²) in [6.45, 7) is -0.0361. The second kappa shape index (κ2) is 4.07. The van der Waals surface area contributed by atoms with Gasteiger partial charge in [0.1, 0.15) is 0 Å². The van der Waals surface area contributed by atoms with Crippen molar-refractivity contribution in [3.63, 3.8) is 0 Å². The smallest absolute Gasteiger partial charge is 0.234 e. The van der Waals surface area contributed by atoms with E-state index in [-0.39, 0.29) is 24.2 Å². The molecule has 4 heteroatoms. The summed E-state index contributed by atoms with van der Waals surface area (Å²) < 4.78 is 1.61. The normalized spacial score (nSPS) is 14.9. The number of hydrogen-bond acceptors (Lipinski definition) is 3. The van der Waals surface area contributed by atoms with Crippen molar-refractivity contribution >= 4 is 22.6 Å². The first-order valence-corrected chi connectivity index (χ1v) is 6.10. The predicted molar refractivity (Wildman–Crippen MR) is 68.7 cm³/mol. The predicted octanol–water partition coefficient (Wildman–Crippen LogP) is 1.83. The van der Waals surface area contributed by atoms with Crippen molar-refractivity contribution in [1.82, 2.24) is 4.57 Å². The molecule has 4 nitrogen and oxygen atoms in total. The van der Waals surface area contributed by atoms with E-state index in [0.29, 0.717) is 5.56 Å². The van der Waals surface area contributed by atoms with Crippen LogP contribution in [0.1, 0.15) is 28.0 Å². The Kier molecular flexibility index (Phi) is 2.52. The molecule has 0 bridgehead atoms. The Balaban J connectivity index is 2.19. The molecule has 2 aromatic rings. The molecule has 0 radical (unpaired) electrons. The average molecular weight is 242 g/mol. The first-order chi connectivity index (χ1) is 8.72. The van der Waals surface area contributed by atoms with Crippen molar-refractivity contribution in [1.29, 1.82) is 0 Å². The van der Waals surface area contributed by atoms with Crippen LogP contribution in [0.2, 0.25) is 0 Å². The van der Waals surface area contributed by atoms with E-state index in [0.717, 1.165) is 23.7 Å². The number of para-hydroxylation sites is 1. The van der Waals surface area contributed by atoms with Crippen LogP contribution in [0.4, 0.5) is 0 Å². The molecule has 1 aliphatic rings. The molecule has 18 heavy (non-hydrogen) atoms. The van der Waals surface area contributed by atoms with Gasteiger partial charge in [-0.2, -0.15) is 0 Å². The number of ketones is 1. The monoisotopic (exact) mass is 242 g/mol. The fraction of sp³-hybridized carbons (Fsp3) is 0.286. The van der Waals surface area contributed by atoms with E-state index in [9.17, 15) is 9.59 Å². The summed E-state index contributed by atoms with van der Waals surface area (Å²) in [6, 6.07) is 7.45. The lowest BCUT2D eigenvalue weighted by Crippen LogP contribution is -2.14. The van der Waals surface area contributed by atoms with Crippen molar-refractivity contribution < 1.29 is 9.59 Å². The van der Waals surface area contributed by atoms with Crippen molar-refractivity contribution in [2.75, 3.05) is 6.54 Å². The molecule has 1 heterocycles. The van der Waals surface area contributed by atoms with Gasteiger partial charge in [-0.3, -0.25) is 14.2 Å². The number of rotatable bonds is 3. The SMILES string of the molecule is NCC(=O)c1cn(C(=O)C2CC2)c2ccccc12. The number of nitrogens with two attached hydrogens (primary N) is 1. The van der Waals surface area contributed by atoms with Crippen molar-refractivity contribution in [3.8, 4) is 0 Å². The van der Waals surface area contributed by atoms with Gasteiger partial charge in [0.05, 0.1) is 12.1 Å². The maximum atomic E-state index is 12.2. The number of nitrogens with zero attached hydrogens (tertiary/aromatic N) is 1. The molecule has 0 spiro atoms. The van der Waals surface area contributed by atoms with E-state index in [1.807, 2.05) is 24.3 Å². The Labute approximate surface area is 104 Å². The molecule has 2 N–H and O–H groups in total. The molecule has 1 aromatic carbocycles. The molecule has 3 rings (SSSR count). The Morgan fingerprint density at radius 3 is 2.67 bits per heavy atom. The van der Waals surface area contributed by atoms with E-state index in [4.69, 9.17) is 5.73 Å². The third-order valence-electron chi connectivity index (χ3n) is 3.36. The first-order valence-electron chi connectivity index (χ1n) is 6.10. The van der Waals surface area contributed by atoms with Gasteiger partial charge in [-0.05, 0) is 18.9 Å². The van der Waals surface area contributed by atoms with Crippen LogP contribution < -0.4 is 5.73 Å². The largest absolute Gasteiger partial charge is 0.324 e. The van der Waals surface area contributed by atoms with E-state index < -0.39 is 0 Å². The summed E-state index contributed by atoms with van der Waals surface area (Å²) in [7, 11) is 0. The fourth-order valence-electron chi connectivity index (χ4n) is 2.22. The van der Waals surface area contributed by atoms with Gasteiger partial charge in [-0.1, -0.05) is 18.2 Å². The van der Waals surface area contributed by atoms with Crippen molar-refractivity contribution in [2.24, 2.45) is 11.7 Å². The van der Waals surface area contributed by atoms with Gasteiger partial charge in [0.2, 0.25) is 5.91 Å². The highest BCUT2D eigenvalue weighted by Gasteiger charge is 2.32. The van der Waals surface area contributed by atoms with E-state index in [1.54, 1.807) is 10.8 Å². The Hall–Kier alpha value is -1.94. The number of carbonyl (C=O) groups excluding carboxylic acids is 2. The molecule has 0 atom stereocenters. The summed E-state index contributed by atoms with van der Waals surface area (Å²) in [5, 5.41) is 0.807. The molecule has 1 saturated carbocycles. The van der Waals surface area contributed by atoms with Crippen LogP contribution in [0.5, 0.6) is 0 Å². The van der Waals surface area contributed by atoms with E-state index in [1.165, 1.54) is 0 Å². The molecule has 0 saturated heterocycles. The number of fused-ring (bicyclic) bond motifs is 1. The number of hydrogen-bond donors (Lipinski definition) is 1. The molecule has 1 fully saturated rings. The number of aromatic nitrogens is 1. The highest BCUT2D eigenvalue weighted by Crippen LogP contribution is 2.33. The summed E-state index contributed by atoms with van der Waals surface area (Å²) in [6.07, 6.45) is 3.54. The molecule has 1 aromatic heterocycles. The average Bonchev–Trinajstić information content (AvgIpc) is 3.18. The van der Waals surface area contributed by atoms with Crippen LogP contribution in [0, 0.1) is 5.92 Å². The van der Waals surface area contributed by atoms with E-state index in [2.05, 4.69) is 0 Å². The highest BCUT2D eigenvalue weighted by atomic mass is 16.2. The van der Waals surface area contributed by atoms with Gasteiger partial charge in [0, 0.05) is 23.1 Å². The Bertz CT molecular complexity index is 638. The van der Waals surface area contributed by atoms with Gasteiger partial charge in [-0.25, -0.2) is 0 Å². The van der Waals surface area contributed by atoms with Crippen molar-refractivity contribution in [2.45, 2.75) is 12.8 Å². The van der Waals surface area contributed by atoms with Gasteiger partial charge >= 0.3 is 0 Å². The van der Waals surface area contributed by atoms with Crippen LogP contribution in [-0.4, -0.2) is 22.8 Å². The first kappa shape index (κ1) is 11.2. The van der Waals surface area contributed by atoms with E-state index >= 15 is 0 Å². The molecule has 0 unspecified atom stereocenters. The lowest BCUT2D eigenvalue weighted by molar-refractivity contribution is 0.0891. The molecular formula is C14H14N2O2. The van der Waals surface area contributed by atoms with Gasteiger partial charge in [0.15, 0.2) is 5.78 Å². The molecule has 1 aliphatic carbocycles. The zero-order valence-electron chi connectivity index (χ0n) is 9.93. The molecular weight excluding hydrogens is 228 g/mol. The van der Waals surface area contributed by atoms with Gasteiger partial charge in [0.25, 0.3) is 0 Å². The zero-order valence-corrected chi connectivity index (χ0v) is 9.93. The minimum atomic E-state index is -0.131. The standard InChI is InChI=1S/C14H14N2O2/c15-7-13(17)11-8-16(14(18)9-5-6-9)12-4-2-1-3-10(11)12/h1-4,8-9H,5-7,15H2. The van der Waals surface area contributed by atoms with Crippen LogP contribution in [0.15, 0.2) is 30.5 Å². The van der Waals surface area contributed by atoms with Crippen molar-refractivity contribution in [3.05, 3.63) is 36.0 Å². The lowest BCUT2D eigenvalue weighted by Gasteiger charge is -2.01. The molecule has 0 amide bonds. The summed E-state index contributed by atoms with van der Waals surface area (Å²) in [5.41, 5.74) is 6.75. The Morgan fingerprint density at radius 2 is 2.00 bits per heavy atom. The second-order valence-corrected chi connectivity index (χ2v) is 4.67. The number of carbonyl (C=O) groups is 2. The number of Topliss-reactive ketones (excluding diaryl/α,β-unsaturated/α-hetero) is 1. The van der Waals surface area contributed by atoms with Gasteiger partial charge in [-0.15, -0.1) is 0 Å². The quantitative estimate of drug-likeness (QED) is 0.835. The fourth-order valence-corrected chi connectivity index (χ4v) is 2.22. The molecule has 92 valence electrons. The summed E-state index contributed by atoms with van der Waals surface area (Å²) in [4.78, 5) is 24.0. The minimum absolute atomic E-state index is 0.0361. The van der Waals surface area contributed by atoms with Crippen LogP contribution in [-0.2, 0) is 0 Å². The van der Waals surface area contributed by atoms with Crippen LogP contribution >= 0.6 is 0 Å². The van der Waals surface area contributed by atoms with Crippen LogP contribution in [0.25, 0.3) is 10.9 Å². The number of benzene rings is 1. The maximum Gasteiger partial charge on any atom is 0.234 e. The minimum Gasteiger partial charge on any atom is -0.324 e. The highest BCUT2D eigenvalue weighted by molar-refractivity contribution is 6.11. The Morgan fingerprint density at radius 1 is 1.28 bits per heavy atom. The zero-order chi connectivity index (χ0) is 12.7. The molecule has 0 aliphatic heterocycles. The van der Waals surface area contributed by atoms with Crippen LogP contribution in [0.3, 0.4) is 0 Å². The lowest BCUT2D eigenvalue weighted by atomic mass is 10.1. The summed E-state index contributed by atoms with van der Waals surface area (Å²) >= 11 is 0. The topological polar surface area (TPSA) is 65.1 Å². The third kappa shape index (κ3) is 1.66. The summed E-state index contributed by atoms with van der Waals surface area (Å²) in [5.74, 6) is 0.0810. The second-order valence-electron chi connectivity index (χ2n) is 4.67.